The largest absolute Gasteiger partial charge is 0.369 e. The van der Waals surface area contributed by atoms with E-state index in [-0.39, 0.29) is 35.9 Å². The molecule has 15 nitrogen and oxygen atoms in total. The molecule has 2 saturated heterocycles. The molecule has 2 fully saturated rings. The van der Waals surface area contributed by atoms with Gasteiger partial charge in [0, 0.05) is 75.7 Å². The van der Waals surface area contributed by atoms with E-state index in [2.05, 4.69) is 65.1 Å². The molecule has 0 aliphatic carbocycles. The molecule has 3 aliphatic heterocycles. The van der Waals surface area contributed by atoms with E-state index < -0.39 is 6.03 Å². The number of hydrogen-bond donors (Lipinski definition) is 3. The van der Waals surface area contributed by atoms with Gasteiger partial charge >= 0.3 is 6.03 Å². The fourth-order valence-corrected chi connectivity index (χ4v) is 6.85. The minimum Gasteiger partial charge on any atom is -0.369 e. The van der Waals surface area contributed by atoms with Crippen molar-refractivity contribution in [1.82, 2.24) is 39.8 Å². The van der Waals surface area contributed by atoms with Crippen molar-refractivity contribution in [2.24, 2.45) is 0 Å². The van der Waals surface area contributed by atoms with Gasteiger partial charge in [-0.1, -0.05) is 18.2 Å². The summed E-state index contributed by atoms with van der Waals surface area (Å²) in [7, 11) is 0. The molecule has 3 aliphatic rings. The monoisotopic (exact) mass is 687 g/mol. The van der Waals surface area contributed by atoms with Crippen molar-refractivity contribution in [2.75, 3.05) is 54.4 Å². The van der Waals surface area contributed by atoms with Gasteiger partial charge in [-0.3, -0.25) is 34.2 Å². The number of urea groups is 1. The smallest absolute Gasteiger partial charge is 0.329 e. The predicted molar refractivity (Wildman–Crippen MR) is 190 cm³/mol. The maximum atomic E-state index is 13.1. The molecule has 0 saturated carbocycles. The summed E-state index contributed by atoms with van der Waals surface area (Å²) >= 11 is 0. The van der Waals surface area contributed by atoms with Gasteiger partial charge in [-0.15, -0.1) is 0 Å². The van der Waals surface area contributed by atoms with E-state index in [1.54, 1.807) is 35.4 Å². The summed E-state index contributed by atoms with van der Waals surface area (Å²) in [5, 5.41) is 13.4. The fourth-order valence-electron chi connectivity index (χ4n) is 6.85. The Kier molecular flexibility index (Phi) is 8.39. The maximum Gasteiger partial charge on any atom is 0.329 e. The van der Waals surface area contributed by atoms with Gasteiger partial charge in [0.2, 0.25) is 5.91 Å². The Morgan fingerprint density at radius 2 is 1.73 bits per heavy atom. The van der Waals surface area contributed by atoms with Crippen LogP contribution in [-0.2, 0) is 17.9 Å². The van der Waals surface area contributed by atoms with Gasteiger partial charge in [-0.05, 0) is 54.4 Å². The number of nitrogens with zero attached hydrogens (tertiary/aromatic N) is 8. The van der Waals surface area contributed by atoms with E-state index in [0.29, 0.717) is 42.5 Å². The second-order valence-corrected chi connectivity index (χ2v) is 13.2. The standard InChI is InChI=1S/C36H37N11O4/c1-23-17-38-35(50)30-16-26-5-8-29(41-33(26)47(23)30)34(49)40-27-19-39-45(22-27)21-24-2-6-28(7-3-24)44-14-12-43(13-15-44)20-25-4-9-31(37-18-25)46-11-10-32(48)42-36(46)51/h2-9,16,18-19,22-23H,10-15,17,20-21H2,1H3,(H,38,50)(H,40,49)(H,42,48,51)/t23-/m1/s1. The molecule has 15 heteroatoms. The van der Waals surface area contributed by atoms with Crippen LogP contribution < -0.4 is 25.8 Å². The quantitative estimate of drug-likeness (QED) is 0.223. The number of nitrogens with one attached hydrogen (secondary N) is 3. The van der Waals surface area contributed by atoms with Crippen molar-refractivity contribution >= 4 is 52.0 Å². The van der Waals surface area contributed by atoms with Crippen LogP contribution in [0.25, 0.3) is 11.0 Å². The van der Waals surface area contributed by atoms with Gasteiger partial charge < -0.3 is 20.1 Å². The van der Waals surface area contributed by atoms with Gasteiger partial charge in [-0.2, -0.15) is 5.10 Å². The Morgan fingerprint density at radius 3 is 2.49 bits per heavy atom. The Balaban J connectivity index is 0.825. The molecule has 260 valence electrons. The third kappa shape index (κ3) is 6.62. The van der Waals surface area contributed by atoms with Crippen molar-refractivity contribution in [3.63, 3.8) is 0 Å². The highest BCUT2D eigenvalue weighted by Crippen LogP contribution is 2.26. The number of carbonyl (C=O) groups is 4. The number of benzene rings is 1. The molecule has 8 rings (SSSR count). The molecule has 5 amide bonds. The van der Waals surface area contributed by atoms with Gasteiger partial charge in [-0.25, -0.2) is 14.8 Å². The molecule has 0 bridgehead atoms. The first kappa shape index (κ1) is 32.1. The van der Waals surface area contributed by atoms with Crippen LogP contribution in [0.1, 0.15) is 51.5 Å². The molecule has 4 aromatic heterocycles. The van der Waals surface area contributed by atoms with E-state index in [0.717, 1.165) is 49.2 Å². The molecule has 0 unspecified atom stereocenters. The maximum absolute atomic E-state index is 13.1. The van der Waals surface area contributed by atoms with Crippen molar-refractivity contribution in [3.8, 4) is 0 Å². The number of piperazine rings is 1. The second kappa shape index (κ2) is 13.3. The molecular formula is C36H37N11O4. The number of aromatic nitrogens is 5. The van der Waals surface area contributed by atoms with E-state index in [1.807, 2.05) is 29.7 Å². The lowest BCUT2D eigenvalue weighted by Gasteiger charge is -2.36. The molecule has 51 heavy (non-hydrogen) atoms. The highest BCUT2D eigenvalue weighted by molar-refractivity contribution is 6.05. The minimum atomic E-state index is -0.430. The van der Waals surface area contributed by atoms with E-state index in [4.69, 9.17) is 0 Å². The molecule has 0 radical (unpaired) electrons. The predicted octanol–water partition coefficient (Wildman–Crippen LogP) is 3.00. The SMILES string of the molecule is C[C@@H]1CNC(=O)c2cc3ccc(C(=O)Nc4cnn(Cc5ccc(N6CCN(Cc7ccc(N8CCC(=O)NC8=O)nc7)CC6)cc5)c4)nc3n21. The Hall–Kier alpha value is -6.09. The Bertz CT molecular complexity index is 2130. The lowest BCUT2D eigenvalue weighted by atomic mass is 10.1. The molecular weight excluding hydrogens is 650 g/mol. The number of anilines is 3. The summed E-state index contributed by atoms with van der Waals surface area (Å²) < 4.78 is 3.67. The summed E-state index contributed by atoms with van der Waals surface area (Å²) in [6.45, 7) is 7.81. The zero-order chi connectivity index (χ0) is 35.1. The van der Waals surface area contributed by atoms with Crippen molar-refractivity contribution < 1.29 is 19.2 Å². The first-order valence-corrected chi connectivity index (χ1v) is 17.0. The van der Waals surface area contributed by atoms with Crippen LogP contribution >= 0.6 is 0 Å². The van der Waals surface area contributed by atoms with E-state index in [1.165, 1.54) is 10.6 Å². The topological polar surface area (TPSA) is 163 Å². The van der Waals surface area contributed by atoms with Crippen LogP contribution in [0.5, 0.6) is 0 Å². The number of fused-ring (bicyclic) bond motifs is 3. The average Bonchev–Trinajstić information content (AvgIpc) is 3.75. The molecule has 7 heterocycles. The zero-order valence-electron chi connectivity index (χ0n) is 28.1. The normalized spacial score (nSPS) is 18.1. The van der Waals surface area contributed by atoms with Crippen molar-refractivity contribution in [3.05, 3.63) is 95.7 Å². The second-order valence-electron chi connectivity index (χ2n) is 13.2. The highest BCUT2D eigenvalue weighted by atomic mass is 16.2. The summed E-state index contributed by atoms with van der Waals surface area (Å²) in [4.78, 5) is 64.3. The van der Waals surface area contributed by atoms with Gasteiger partial charge in [0.1, 0.15) is 22.9 Å². The summed E-state index contributed by atoms with van der Waals surface area (Å²) in [5.74, 6) is -0.199. The van der Waals surface area contributed by atoms with Gasteiger partial charge in [0.15, 0.2) is 0 Å². The lowest BCUT2D eigenvalue weighted by Crippen LogP contribution is -2.49. The van der Waals surface area contributed by atoms with Gasteiger partial charge in [0.25, 0.3) is 11.8 Å². The third-order valence-electron chi connectivity index (χ3n) is 9.60. The number of pyridine rings is 2. The van der Waals surface area contributed by atoms with E-state index >= 15 is 0 Å². The van der Waals surface area contributed by atoms with Crippen LogP contribution in [0.4, 0.5) is 22.0 Å². The van der Waals surface area contributed by atoms with Crippen LogP contribution in [-0.4, -0.2) is 92.2 Å². The summed E-state index contributed by atoms with van der Waals surface area (Å²) in [5.41, 5.74) is 5.33. The van der Waals surface area contributed by atoms with Gasteiger partial charge in [0.05, 0.1) is 24.5 Å². The minimum absolute atomic E-state index is 0.0342. The molecule has 3 N–H and O–H groups in total. The average molecular weight is 688 g/mol. The van der Waals surface area contributed by atoms with Crippen LogP contribution in [0.3, 0.4) is 0 Å². The van der Waals surface area contributed by atoms with Crippen molar-refractivity contribution in [2.45, 2.75) is 32.5 Å². The molecule has 5 aromatic rings. The summed E-state index contributed by atoms with van der Waals surface area (Å²) in [6.07, 6.45) is 5.49. The first-order chi connectivity index (χ1) is 24.8. The zero-order valence-corrected chi connectivity index (χ0v) is 28.1. The molecule has 1 aromatic carbocycles. The lowest BCUT2D eigenvalue weighted by molar-refractivity contribution is -0.120. The van der Waals surface area contributed by atoms with Crippen LogP contribution in [0, 0.1) is 0 Å². The van der Waals surface area contributed by atoms with Crippen molar-refractivity contribution in [1.29, 1.82) is 0 Å². The number of amides is 5. The number of carbonyl (C=O) groups excluding carboxylic acids is 4. The Labute approximate surface area is 293 Å². The number of rotatable bonds is 8. The number of imide groups is 1. The fraction of sp³-hybridized carbons (Fsp3) is 0.306. The van der Waals surface area contributed by atoms with Crippen LogP contribution in [0.15, 0.2) is 73.2 Å². The molecule has 0 spiro atoms. The third-order valence-corrected chi connectivity index (χ3v) is 9.60. The highest BCUT2D eigenvalue weighted by Gasteiger charge is 2.27. The molecule has 1 atom stereocenters. The summed E-state index contributed by atoms with van der Waals surface area (Å²) in [6, 6.07) is 17.2. The van der Waals surface area contributed by atoms with E-state index in [9.17, 15) is 19.2 Å². The van der Waals surface area contributed by atoms with Crippen LogP contribution in [0.2, 0.25) is 0 Å². The number of hydrogen-bond acceptors (Lipinski definition) is 9. The first-order valence-electron chi connectivity index (χ1n) is 17.0. The Morgan fingerprint density at radius 1 is 0.922 bits per heavy atom.